The van der Waals surface area contributed by atoms with E-state index < -0.39 is 0 Å². The number of benzene rings is 1. The van der Waals surface area contributed by atoms with Gasteiger partial charge in [-0.3, -0.25) is 4.98 Å². The van der Waals surface area contributed by atoms with Crippen molar-refractivity contribution in [3.63, 3.8) is 0 Å². The molecule has 1 aromatic heterocycles. The van der Waals surface area contributed by atoms with Crippen LogP contribution in [0.2, 0.25) is 0 Å². The fourth-order valence-corrected chi connectivity index (χ4v) is 2.04. The molecule has 0 radical (unpaired) electrons. The lowest BCUT2D eigenvalue weighted by atomic mass is 10.2. The molecule has 2 N–H and O–H groups in total. The predicted octanol–water partition coefficient (Wildman–Crippen LogP) is 2.65. The minimum atomic E-state index is -0.270. The van der Waals surface area contributed by atoms with Crippen molar-refractivity contribution in [2.45, 2.75) is 13.5 Å². The van der Waals surface area contributed by atoms with Gasteiger partial charge in [0, 0.05) is 25.5 Å². The van der Waals surface area contributed by atoms with Crippen molar-refractivity contribution in [2.24, 2.45) is 0 Å². The number of nitrogens with one attached hydrogen (secondary N) is 2. The summed E-state index contributed by atoms with van der Waals surface area (Å²) in [4.78, 5) is 18.1. The highest BCUT2D eigenvalue weighted by atomic mass is 16.5. The molecule has 0 spiro atoms. The van der Waals surface area contributed by atoms with Crippen LogP contribution in [0.3, 0.4) is 0 Å². The van der Waals surface area contributed by atoms with Crippen molar-refractivity contribution >= 4 is 11.7 Å². The highest BCUT2D eigenvalue weighted by molar-refractivity contribution is 5.90. The number of hydrogen-bond acceptors (Lipinski definition) is 4. The minimum absolute atomic E-state index is 0.270. The molecule has 2 rings (SSSR count). The third-order valence-corrected chi connectivity index (χ3v) is 3.38. The average Bonchev–Trinajstić information content (AvgIpc) is 2.56. The predicted molar refractivity (Wildman–Crippen MR) is 95.3 cm³/mol. The lowest BCUT2D eigenvalue weighted by molar-refractivity contribution is 0.250. The van der Waals surface area contributed by atoms with Gasteiger partial charge in [0.1, 0.15) is 12.4 Å². The molecular weight excluding hydrogens is 304 g/mol. The van der Waals surface area contributed by atoms with Crippen LogP contribution in [0.25, 0.3) is 0 Å². The number of amides is 2. The molecule has 0 bridgehead atoms. The maximum atomic E-state index is 12.1. The van der Waals surface area contributed by atoms with Gasteiger partial charge in [-0.1, -0.05) is 6.07 Å². The van der Waals surface area contributed by atoms with Gasteiger partial charge in [0.15, 0.2) is 0 Å². The second-order valence-electron chi connectivity index (χ2n) is 5.81. The monoisotopic (exact) mass is 328 g/mol. The molecule has 6 heteroatoms. The third kappa shape index (κ3) is 5.89. The molecule has 6 nitrogen and oxygen atoms in total. The average molecular weight is 328 g/mol. The number of carbonyl (C=O) groups excluding carboxylic acids is 1. The van der Waals surface area contributed by atoms with Crippen molar-refractivity contribution in [1.29, 1.82) is 0 Å². The molecule has 0 saturated heterocycles. The molecule has 2 amide bonds. The number of rotatable bonds is 7. The van der Waals surface area contributed by atoms with Gasteiger partial charge in [-0.25, -0.2) is 4.79 Å². The minimum Gasteiger partial charge on any atom is -0.490 e. The topological polar surface area (TPSA) is 66.5 Å². The molecule has 0 aliphatic carbocycles. The first-order chi connectivity index (χ1) is 11.5. The quantitative estimate of drug-likeness (QED) is 0.820. The van der Waals surface area contributed by atoms with E-state index in [-0.39, 0.29) is 6.03 Å². The lowest BCUT2D eigenvalue weighted by Crippen LogP contribution is -2.28. The van der Waals surface area contributed by atoms with Crippen molar-refractivity contribution < 1.29 is 9.53 Å². The summed E-state index contributed by atoms with van der Waals surface area (Å²) in [6, 6.07) is 9.18. The van der Waals surface area contributed by atoms with Crippen LogP contribution in [-0.4, -0.2) is 43.2 Å². The summed E-state index contributed by atoms with van der Waals surface area (Å²) in [5.41, 5.74) is 2.73. The Morgan fingerprint density at radius 3 is 2.67 bits per heavy atom. The highest BCUT2D eigenvalue weighted by Gasteiger charge is 2.08. The molecule has 2 aromatic rings. The van der Waals surface area contributed by atoms with Gasteiger partial charge < -0.3 is 20.3 Å². The maximum Gasteiger partial charge on any atom is 0.319 e. The van der Waals surface area contributed by atoms with E-state index >= 15 is 0 Å². The Balaban J connectivity index is 1.93. The first-order valence-electron chi connectivity index (χ1n) is 7.86. The molecule has 0 fully saturated rings. The van der Waals surface area contributed by atoms with Crippen molar-refractivity contribution in [1.82, 2.24) is 15.2 Å². The van der Waals surface area contributed by atoms with Crippen LogP contribution in [0.5, 0.6) is 5.75 Å². The van der Waals surface area contributed by atoms with Gasteiger partial charge in [-0.05, 0) is 56.4 Å². The summed E-state index contributed by atoms with van der Waals surface area (Å²) in [5.74, 6) is 0.677. The second-order valence-corrected chi connectivity index (χ2v) is 5.81. The molecule has 0 saturated carbocycles. The number of aromatic nitrogens is 1. The maximum absolute atomic E-state index is 12.1. The van der Waals surface area contributed by atoms with E-state index in [1.807, 2.05) is 56.3 Å². The van der Waals surface area contributed by atoms with E-state index in [4.69, 9.17) is 4.74 Å². The number of carbonyl (C=O) groups is 1. The normalized spacial score (nSPS) is 10.5. The van der Waals surface area contributed by atoms with E-state index in [0.29, 0.717) is 24.6 Å². The molecule has 24 heavy (non-hydrogen) atoms. The van der Waals surface area contributed by atoms with E-state index in [2.05, 4.69) is 15.6 Å². The van der Waals surface area contributed by atoms with Crippen LogP contribution in [0, 0.1) is 6.92 Å². The largest absolute Gasteiger partial charge is 0.490 e. The van der Waals surface area contributed by atoms with Gasteiger partial charge in [-0.15, -0.1) is 0 Å². The molecule has 1 aromatic carbocycles. The molecule has 0 atom stereocenters. The second kappa shape index (κ2) is 8.88. The Bertz CT molecular complexity index is 659. The number of urea groups is 1. The van der Waals surface area contributed by atoms with Crippen LogP contribution >= 0.6 is 0 Å². The Labute approximate surface area is 142 Å². The summed E-state index contributed by atoms with van der Waals surface area (Å²) in [6.45, 7) is 3.80. The van der Waals surface area contributed by atoms with Gasteiger partial charge in [0.05, 0.1) is 5.69 Å². The molecule has 128 valence electrons. The number of hydrogen-bond donors (Lipinski definition) is 2. The van der Waals surface area contributed by atoms with Crippen LogP contribution < -0.4 is 15.4 Å². The van der Waals surface area contributed by atoms with Crippen LogP contribution in [0.1, 0.15) is 11.1 Å². The number of anilines is 1. The van der Waals surface area contributed by atoms with Gasteiger partial charge in [0.2, 0.25) is 0 Å². The zero-order chi connectivity index (χ0) is 17.4. The zero-order valence-corrected chi connectivity index (χ0v) is 14.4. The SMILES string of the molecule is Cc1ccc(NC(=O)NCc2ccncc2)c(OCCN(C)C)c1. The lowest BCUT2D eigenvalue weighted by Gasteiger charge is -2.15. The molecular formula is C18H24N4O2. The summed E-state index contributed by atoms with van der Waals surface area (Å²) in [6.07, 6.45) is 3.40. The molecule has 0 unspecified atom stereocenters. The van der Waals surface area contributed by atoms with Crippen LogP contribution in [-0.2, 0) is 6.54 Å². The summed E-state index contributed by atoms with van der Waals surface area (Å²) in [7, 11) is 3.98. The van der Waals surface area contributed by atoms with E-state index in [1.54, 1.807) is 12.4 Å². The standard InChI is InChI=1S/C18H24N4O2/c1-14-4-5-16(17(12-14)24-11-10-22(2)3)21-18(23)20-13-15-6-8-19-9-7-15/h4-9,12H,10-11,13H2,1-3H3,(H2,20,21,23). The molecule has 0 aliphatic heterocycles. The number of aryl methyl sites for hydroxylation is 1. The Morgan fingerprint density at radius 2 is 1.96 bits per heavy atom. The van der Waals surface area contributed by atoms with Gasteiger partial charge in [-0.2, -0.15) is 0 Å². The van der Waals surface area contributed by atoms with Crippen LogP contribution in [0.15, 0.2) is 42.7 Å². The van der Waals surface area contributed by atoms with Gasteiger partial charge >= 0.3 is 6.03 Å². The number of nitrogens with zero attached hydrogens (tertiary/aromatic N) is 2. The van der Waals surface area contributed by atoms with Crippen molar-refractivity contribution in [3.8, 4) is 5.75 Å². The molecule has 1 heterocycles. The number of pyridine rings is 1. The molecule has 0 aliphatic rings. The fraction of sp³-hybridized carbons (Fsp3) is 0.333. The van der Waals surface area contributed by atoms with Crippen LogP contribution in [0.4, 0.5) is 10.5 Å². The third-order valence-electron chi connectivity index (χ3n) is 3.38. The number of likely N-dealkylation sites (N-methyl/N-ethyl adjacent to an activating group) is 1. The van der Waals surface area contributed by atoms with E-state index in [1.165, 1.54) is 0 Å². The Hall–Kier alpha value is -2.60. The Kier molecular flexibility index (Phi) is 6.57. The zero-order valence-electron chi connectivity index (χ0n) is 14.4. The van der Waals surface area contributed by atoms with Gasteiger partial charge in [0.25, 0.3) is 0 Å². The Morgan fingerprint density at radius 1 is 1.21 bits per heavy atom. The summed E-state index contributed by atoms with van der Waals surface area (Å²) < 4.78 is 5.80. The van der Waals surface area contributed by atoms with E-state index in [9.17, 15) is 4.79 Å². The summed E-state index contributed by atoms with van der Waals surface area (Å²) >= 11 is 0. The van der Waals surface area contributed by atoms with Crippen molar-refractivity contribution in [3.05, 3.63) is 53.9 Å². The first kappa shape index (κ1) is 17.7. The van der Waals surface area contributed by atoms with Crippen molar-refractivity contribution in [2.75, 3.05) is 32.6 Å². The van der Waals surface area contributed by atoms with E-state index in [0.717, 1.165) is 17.7 Å². The highest BCUT2D eigenvalue weighted by Crippen LogP contribution is 2.25. The smallest absolute Gasteiger partial charge is 0.319 e. The first-order valence-corrected chi connectivity index (χ1v) is 7.86. The number of ether oxygens (including phenoxy) is 1. The summed E-state index contributed by atoms with van der Waals surface area (Å²) in [5, 5.41) is 5.66. The fourth-order valence-electron chi connectivity index (χ4n) is 2.04.